The number of imidazole rings is 1. The van der Waals surface area contributed by atoms with Crippen LogP contribution >= 0.6 is 0 Å². The number of hydrogen-bond donors (Lipinski definition) is 1. The number of carbonyl (C=O) groups excluding carboxylic acids is 2. The second-order valence-electron chi connectivity index (χ2n) is 4.54. The zero-order valence-corrected chi connectivity index (χ0v) is 12.2. The van der Waals surface area contributed by atoms with Crippen LogP contribution in [0.5, 0.6) is 0 Å². The van der Waals surface area contributed by atoms with Crippen LogP contribution in [0.3, 0.4) is 0 Å². The van der Waals surface area contributed by atoms with Crippen molar-refractivity contribution in [3.63, 3.8) is 0 Å². The summed E-state index contributed by atoms with van der Waals surface area (Å²) < 4.78 is 5.93. The Labute approximate surface area is 125 Å². The predicted molar refractivity (Wildman–Crippen MR) is 76.8 cm³/mol. The van der Waals surface area contributed by atoms with Crippen LogP contribution in [-0.2, 0) is 9.53 Å². The fraction of sp³-hybridized carbons (Fsp3) is 0.308. The Balaban J connectivity index is 2.69. The highest BCUT2D eigenvalue weighted by Gasteiger charge is 2.29. The third-order valence-electron chi connectivity index (χ3n) is 2.89. The summed E-state index contributed by atoms with van der Waals surface area (Å²) in [5.74, 6) is -1.67. The molecule has 0 radical (unpaired) electrons. The minimum atomic E-state index is -0.864. The molecule has 2 aromatic rings. The number of anilines is 1. The molecular weight excluding hydrogens is 292 g/mol. The highest BCUT2D eigenvalue weighted by molar-refractivity contribution is 5.93. The van der Waals surface area contributed by atoms with E-state index < -0.39 is 16.7 Å². The Hall–Kier alpha value is -2.97. The lowest BCUT2D eigenvalue weighted by atomic mass is 10.2. The molecular formula is C13H14N4O5. The van der Waals surface area contributed by atoms with Gasteiger partial charge in [-0.2, -0.15) is 9.38 Å². The molecule has 0 aromatic carbocycles. The number of ether oxygens (including phenoxy) is 1. The van der Waals surface area contributed by atoms with Crippen molar-refractivity contribution < 1.29 is 19.2 Å². The molecule has 0 aliphatic rings. The molecule has 9 heteroatoms. The Morgan fingerprint density at radius 3 is 2.73 bits per heavy atom. The highest BCUT2D eigenvalue weighted by atomic mass is 16.6. The van der Waals surface area contributed by atoms with Gasteiger partial charge in [0.25, 0.3) is 0 Å². The molecule has 1 amide bonds. The van der Waals surface area contributed by atoms with Crippen molar-refractivity contribution in [1.82, 2.24) is 9.38 Å². The van der Waals surface area contributed by atoms with Gasteiger partial charge in [0.15, 0.2) is 0 Å². The monoisotopic (exact) mass is 306 g/mol. The Kier molecular flexibility index (Phi) is 4.06. The molecule has 0 fully saturated rings. The summed E-state index contributed by atoms with van der Waals surface area (Å²) in [5, 5.41) is 13.8. The van der Waals surface area contributed by atoms with Gasteiger partial charge in [0.05, 0.1) is 12.3 Å². The number of nitrogens with one attached hydrogen (secondary N) is 1. The minimum Gasteiger partial charge on any atom is -0.461 e. The van der Waals surface area contributed by atoms with Crippen molar-refractivity contribution in [1.29, 1.82) is 0 Å². The van der Waals surface area contributed by atoms with Crippen LogP contribution in [0.25, 0.3) is 5.65 Å². The van der Waals surface area contributed by atoms with Crippen LogP contribution in [0, 0.1) is 17.0 Å². The summed E-state index contributed by atoms with van der Waals surface area (Å²) in [7, 11) is 0. The van der Waals surface area contributed by atoms with Gasteiger partial charge in [0, 0.05) is 13.0 Å². The number of nitro groups is 1. The van der Waals surface area contributed by atoms with Crippen LogP contribution in [0.4, 0.5) is 11.5 Å². The lowest BCUT2D eigenvalue weighted by Gasteiger charge is -2.04. The Morgan fingerprint density at radius 2 is 2.18 bits per heavy atom. The number of esters is 1. The Morgan fingerprint density at radius 1 is 1.50 bits per heavy atom. The first-order valence-electron chi connectivity index (χ1n) is 6.47. The SMILES string of the molecule is CCOC(=O)c1nc2cc(C)c(NC(C)=O)cn2c1[N+](=O)[O-]. The van der Waals surface area contributed by atoms with Crippen molar-refractivity contribution in [3.8, 4) is 0 Å². The zero-order valence-electron chi connectivity index (χ0n) is 12.2. The summed E-state index contributed by atoms with van der Waals surface area (Å²) in [5.41, 5.74) is 0.918. The summed E-state index contributed by atoms with van der Waals surface area (Å²) >= 11 is 0. The van der Waals surface area contributed by atoms with Crippen LogP contribution < -0.4 is 5.32 Å². The number of carbonyl (C=O) groups is 2. The van der Waals surface area contributed by atoms with Gasteiger partial charge in [0.2, 0.25) is 17.2 Å². The summed E-state index contributed by atoms with van der Waals surface area (Å²) in [4.78, 5) is 37.5. The third-order valence-corrected chi connectivity index (χ3v) is 2.89. The van der Waals surface area contributed by atoms with Crippen LogP contribution in [0.15, 0.2) is 12.3 Å². The van der Waals surface area contributed by atoms with Gasteiger partial charge in [0.1, 0.15) is 6.20 Å². The number of fused-ring (bicyclic) bond motifs is 1. The average Bonchev–Trinajstić information content (AvgIpc) is 2.77. The minimum absolute atomic E-state index is 0.0834. The second-order valence-corrected chi connectivity index (χ2v) is 4.54. The van der Waals surface area contributed by atoms with Gasteiger partial charge >= 0.3 is 11.8 Å². The molecule has 2 rings (SSSR count). The molecule has 2 aromatic heterocycles. The van der Waals surface area contributed by atoms with E-state index in [9.17, 15) is 19.7 Å². The predicted octanol–water partition coefficient (Wildman–Crippen LogP) is 1.69. The first-order chi connectivity index (χ1) is 10.3. The van der Waals surface area contributed by atoms with Crippen molar-refractivity contribution in [3.05, 3.63) is 33.6 Å². The number of aryl methyl sites for hydroxylation is 1. The second kappa shape index (κ2) is 5.80. The van der Waals surface area contributed by atoms with Gasteiger partial charge < -0.3 is 20.2 Å². The largest absolute Gasteiger partial charge is 0.461 e. The topological polar surface area (TPSA) is 116 Å². The van der Waals surface area contributed by atoms with Gasteiger partial charge in [-0.3, -0.25) is 4.79 Å². The first-order valence-corrected chi connectivity index (χ1v) is 6.47. The standard InChI is InChI=1S/C13H14N4O5/c1-4-22-13(19)11-12(17(20)21)16-6-9(14-8(3)18)7(2)5-10(16)15-11/h5-6H,4H2,1-3H3,(H,14,18). The van der Waals surface area contributed by atoms with E-state index in [1.54, 1.807) is 19.9 Å². The number of amides is 1. The number of hydrogen-bond acceptors (Lipinski definition) is 6. The van der Waals surface area contributed by atoms with E-state index in [0.29, 0.717) is 11.3 Å². The van der Waals surface area contributed by atoms with Crippen molar-refractivity contribution in [2.24, 2.45) is 0 Å². The summed E-state index contributed by atoms with van der Waals surface area (Å²) in [6.07, 6.45) is 1.36. The lowest BCUT2D eigenvalue weighted by molar-refractivity contribution is -0.390. The quantitative estimate of drug-likeness (QED) is 0.522. The van der Waals surface area contributed by atoms with E-state index in [2.05, 4.69) is 10.3 Å². The number of pyridine rings is 1. The molecule has 0 atom stereocenters. The maximum absolute atomic E-state index is 11.8. The van der Waals surface area contributed by atoms with E-state index in [-0.39, 0.29) is 23.9 Å². The smallest absolute Gasteiger partial charge is 0.365 e. The molecule has 0 spiro atoms. The Bertz CT molecular complexity index is 780. The molecule has 22 heavy (non-hydrogen) atoms. The fourth-order valence-corrected chi connectivity index (χ4v) is 2.00. The summed E-state index contributed by atoms with van der Waals surface area (Å²) in [6, 6.07) is 1.54. The molecule has 2 heterocycles. The van der Waals surface area contributed by atoms with Crippen LogP contribution in [0.2, 0.25) is 0 Å². The summed E-state index contributed by atoms with van der Waals surface area (Å²) in [6.45, 7) is 4.73. The van der Waals surface area contributed by atoms with Crippen molar-refractivity contribution >= 4 is 29.0 Å². The zero-order chi connectivity index (χ0) is 16.4. The van der Waals surface area contributed by atoms with Crippen LogP contribution in [-0.4, -0.2) is 32.8 Å². The van der Waals surface area contributed by atoms with Gasteiger partial charge in [-0.15, -0.1) is 0 Å². The average molecular weight is 306 g/mol. The van der Waals surface area contributed by atoms with Crippen LogP contribution in [0.1, 0.15) is 29.9 Å². The molecule has 0 bridgehead atoms. The van der Waals surface area contributed by atoms with Crippen molar-refractivity contribution in [2.75, 3.05) is 11.9 Å². The molecule has 0 aliphatic heterocycles. The molecule has 9 nitrogen and oxygen atoms in total. The molecule has 0 saturated carbocycles. The maximum atomic E-state index is 11.8. The molecule has 0 unspecified atom stereocenters. The number of nitrogens with zero attached hydrogens (tertiary/aromatic N) is 3. The molecule has 116 valence electrons. The van der Waals surface area contributed by atoms with Gasteiger partial charge in [-0.05, 0) is 24.3 Å². The van der Waals surface area contributed by atoms with E-state index in [4.69, 9.17) is 4.74 Å². The van der Waals surface area contributed by atoms with E-state index in [1.807, 2.05) is 0 Å². The number of aromatic nitrogens is 2. The fourth-order valence-electron chi connectivity index (χ4n) is 2.00. The number of rotatable bonds is 4. The molecule has 0 saturated heterocycles. The van der Waals surface area contributed by atoms with Gasteiger partial charge in [-0.1, -0.05) is 0 Å². The maximum Gasteiger partial charge on any atom is 0.365 e. The highest BCUT2D eigenvalue weighted by Crippen LogP contribution is 2.26. The van der Waals surface area contributed by atoms with Gasteiger partial charge in [-0.25, -0.2) is 4.79 Å². The molecule has 0 aliphatic carbocycles. The van der Waals surface area contributed by atoms with E-state index in [0.717, 1.165) is 4.40 Å². The van der Waals surface area contributed by atoms with E-state index >= 15 is 0 Å². The lowest BCUT2D eigenvalue weighted by Crippen LogP contribution is -2.09. The third kappa shape index (κ3) is 2.73. The first kappa shape index (κ1) is 15.4. The normalized spacial score (nSPS) is 10.5. The van der Waals surface area contributed by atoms with Crippen molar-refractivity contribution in [2.45, 2.75) is 20.8 Å². The van der Waals surface area contributed by atoms with E-state index in [1.165, 1.54) is 13.1 Å². The molecule has 1 N–H and O–H groups in total.